The van der Waals surface area contributed by atoms with Gasteiger partial charge in [-0.3, -0.25) is 14.7 Å². The predicted molar refractivity (Wildman–Crippen MR) is 159 cm³/mol. The van der Waals surface area contributed by atoms with E-state index in [-0.39, 0.29) is 28.5 Å². The monoisotopic (exact) mass is 600 g/mol. The second kappa shape index (κ2) is 13.1. The van der Waals surface area contributed by atoms with E-state index in [9.17, 15) is 22.4 Å². The maximum Gasteiger partial charge on any atom is 0.420 e. The first kappa shape index (κ1) is 31.2. The van der Waals surface area contributed by atoms with Gasteiger partial charge >= 0.3 is 6.18 Å². The van der Waals surface area contributed by atoms with E-state index in [4.69, 9.17) is 10.5 Å². The number of hydrogen-bond acceptors (Lipinski definition) is 9. The molecule has 14 heteroatoms. The molecule has 0 radical (unpaired) electrons. The van der Waals surface area contributed by atoms with Crippen LogP contribution in [-0.2, 0) is 6.18 Å². The smallest absolute Gasteiger partial charge is 0.420 e. The Morgan fingerprint density at radius 3 is 2.49 bits per heavy atom. The second-order valence-electron chi connectivity index (χ2n) is 9.93. The van der Waals surface area contributed by atoms with Gasteiger partial charge in [-0.2, -0.15) is 13.2 Å². The van der Waals surface area contributed by atoms with Crippen LogP contribution in [0.1, 0.15) is 29.8 Å². The molecule has 2 aromatic carbocycles. The van der Waals surface area contributed by atoms with Gasteiger partial charge in [0.05, 0.1) is 24.6 Å². The lowest BCUT2D eigenvalue weighted by molar-refractivity contribution is -0.138. The topological polar surface area (TPSA) is 120 Å². The average molecular weight is 601 g/mol. The first-order valence-electron chi connectivity index (χ1n) is 13.3. The highest BCUT2D eigenvalue weighted by Crippen LogP contribution is 2.37. The zero-order valence-corrected chi connectivity index (χ0v) is 23.9. The summed E-state index contributed by atoms with van der Waals surface area (Å²) in [4.78, 5) is 30.4. The number of carbonyl (C=O) groups excluding carboxylic acids is 1. The number of amides is 1. The molecule has 0 unspecified atom stereocenters. The van der Waals surface area contributed by atoms with E-state index in [1.807, 2.05) is 4.90 Å². The van der Waals surface area contributed by atoms with Crippen molar-refractivity contribution in [2.24, 2.45) is 20.7 Å². The number of hydrogen-bond donors (Lipinski definition) is 3. The van der Waals surface area contributed by atoms with E-state index in [0.29, 0.717) is 30.8 Å². The highest BCUT2D eigenvalue weighted by Gasteiger charge is 2.34. The first-order valence-corrected chi connectivity index (χ1v) is 13.3. The molecule has 1 amide bonds. The molecule has 4 N–H and O–H groups in total. The van der Waals surface area contributed by atoms with E-state index in [1.54, 1.807) is 0 Å². The fourth-order valence-electron chi connectivity index (χ4n) is 4.52. The fourth-order valence-corrected chi connectivity index (χ4v) is 4.52. The first-order chi connectivity index (χ1) is 20.4. The van der Waals surface area contributed by atoms with Gasteiger partial charge in [-0.05, 0) is 50.2 Å². The van der Waals surface area contributed by atoms with Crippen molar-refractivity contribution in [3.63, 3.8) is 0 Å². The highest BCUT2D eigenvalue weighted by atomic mass is 19.4. The van der Waals surface area contributed by atoms with Gasteiger partial charge < -0.3 is 26.0 Å². The van der Waals surface area contributed by atoms with Crippen LogP contribution in [0.5, 0.6) is 5.75 Å². The molecule has 1 fully saturated rings. The number of nitrogens with zero attached hydrogens (tertiary/aromatic N) is 5. The van der Waals surface area contributed by atoms with Gasteiger partial charge in [0, 0.05) is 49.7 Å². The van der Waals surface area contributed by atoms with Gasteiger partial charge in [0.1, 0.15) is 28.8 Å². The summed E-state index contributed by atoms with van der Waals surface area (Å²) in [5.41, 5.74) is 5.44. The summed E-state index contributed by atoms with van der Waals surface area (Å²) < 4.78 is 59.8. The van der Waals surface area contributed by atoms with Crippen LogP contribution in [-0.4, -0.2) is 72.9 Å². The normalized spacial score (nSPS) is 18.0. The van der Waals surface area contributed by atoms with Gasteiger partial charge in [0.15, 0.2) is 0 Å². The van der Waals surface area contributed by atoms with Crippen molar-refractivity contribution in [2.45, 2.75) is 26.1 Å². The van der Waals surface area contributed by atoms with Crippen molar-refractivity contribution < 1.29 is 27.1 Å². The van der Waals surface area contributed by atoms with Crippen LogP contribution in [0.4, 0.5) is 28.9 Å². The molecule has 0 spiro atoms. The third-order valence-electron chi connectivity index (χ3n) is 6.83. The Balaban J connectivity index is 1.58. The molecular formula is C29H32F4N8O2. The summed E-state index contributed by atoms with van der Waals surface area (Å²) in [5.74, 6) is -1.53. The summed E-state index contributed by atoms with van der Waals surface area (Å²) in [6.07, 6.45) is -1.91. The van der Waals surface area contributed by atoms with Gasteiger partial charge in [-0.1, -0.05) is 6.58 Å². The Morgan fingerprint density at radius 2 is 1.86 bits per heavy atom. The summed E-state index contributed by atoms with van der Waals surface area (Å²) in [5, 5.41) is 5.14. The van der Waals surface area contributed by atoms with E-state index in [0.717, 1.165) is 38.4 Å². The van der Waals surface area contributed by atoms with Crippen LogP contribution in [0.25, 0.3) is 0 Å². The van der Waals surface area contributed by atoms with Crippen molar-refractivity contribution >= 4 is 35.2 Å². The number of benzene rings is 2. The van der Waals surface area contributed by atoms with E-state index < -0.39 is 29.2 Å². The number of aliphatic imine (C=N–C) groups is 3. The van der Waals surface area contributed by atoms with E-state index in [1.165, 1.54) is 30.6 Å². The minimum atomic E-state index is -4.70. The standard InChI is InChI=1S/C29H32F4N8O2/c1-5-35-23-16-36-28(41-12-10-40(11-13-41)17(2)3)39-25(23)26(34)38-22-14-18(6-8-21(22)30)27(42)37-19-7-9-24(43-4)20(15-19)29(31,32)33/h5-9,14-17,38H,1,10-13,34H2,2-4H3,(H,37,42)/b26-25-,35-23-. The number of nitrogens with one attached hydrogen (secondary N) is 2. The Morgan fingerprint density at radius 1 is 1.14 bits per heavy atom. The van der Waals surface area contributed by atoms with Crippen molar-refractivity contribution in [3.8, 4) is 5.75 Å². The number of alkyl halides is 3. The number of halogens is 4. The lowest BCUT2D eigenvalue weighted by Gasteiger charge is -2.37. The highest BCUT2D eigenvalue weighted by molar-refractivity contribution is 6.41. The molecular weight excluding hydrogens is 568 g/mol. The quantitative estimate of drug-likeness (QED) is 0.397. The Labute approximate surface area is 246 Å². The van der Waals surface area contributed by atoms with Crippen LogP contribution in [0, 0.1) is 5.82 Å². The molecule has 2 aliphatic rings. The number of nitrogens with two attached hydrogens (primary N) is 1. The number of ether oxygens (including phenoxy) is 1. The second-order valence-corrected chi connectivity index (χ2v) is 9.93. The van der Waals surface area contributed by atoms with Crippen LogP contribution in [0.15, 0.2) is 75.7 Å². The fraction of sp³-hybridized carbons (Fsp3) is 0.310. The number of guanidine groups is 1. The molecule has 2 aliphatic heterocycles. The van der Waals surface area contributed by atoms with E-state index >= 15 is 0 Å². The minimum Gasteiger partial charge on any atom is -0.496 e. The van der Waals surface area contributed by atoms with Crippen LogP contribution in [0.3, 0.4) is 0 Å². The molecule has 228 valence electrons. The molecule has 2 heterocycles. The SMILES string of the molecule is C=C/N=C1/C=NC(N2CCN(C(C)C)CC2)=N/C1=C(/N)Nc1cc(C(=O)Nc2ccc(OC)c(C(F)(F)F)c2)ccc1F. The van der Waals surface area contributed by atoms with Gasteiger partial charge in [0.25, 0.3) is 5.91 Å². The van der Waals surface area contributed by atoms with E-state index in [2.05, 4.69) is 50.9 Å². The summed E-state index contributed by atoms with van der Waals surface area (Å²) >= 11 is 0. The third-order valence-corrected chi connectivity index (χ3v) is 6.83. The molecule has 1 saturated heterocycles. The number of rotatable bonds is 7. The molecule has 2 aromatic rings. The van der Waals surface area contributed by atoms with Crippen molar-refractivity contribution in [1.29, 1.82) is 0 Å². The molecule has 0 bridgehead atoms. The van der Waals surface area contributed by atoms with Crippen LogP contribution >= 0.6 is 0 Å². The number of methoxy groups -OCH3 is 1. The third kappa shape index (κ3) is 7.38. The van der Waals surface area contributed by atoms with Crippen LogP contribution in [0.2, 0.25) is 0 Å². The molecule has 10 nitrogen and oxygen atoms in total. The summed E-state index contributed by atoms with van der Waals surface area (Å²) in [6, 6.07) is 6.95. The zero-order valence-electron chi connectivity index (χ0n) is 23.9. The van der Waals surface area contributed by atoms with Crippen molar-refractivity contribution in [3.05, 3.63) is 77.6 Å². The zero-order chi connectivity index (χ0) is 31.3. The lowest BCUT2D eigenvalue weighted by atomic mass is 10.1. The molecule has 4 rings (SSSR count). The molecule has 0 aromatic heterocycles. The largest absolute Gasteiger partial charge is 0.496 e. The molecule has 0 saturated carbocycles. The van der Waals surface area contributed by atoms with Crippen LogP contribution < -0.4 is 21.1 Å². The molecule has 43 heavy (non-hydrogen) atoms. The number of anilines is 2. The maximum absolute atomic E-state index is 14.8. The summed E-state index contributed by atoms with van der Waals surface area (Å²) in [6.45, 7) is 10.9. The van der Waals surface area contributed by atoms with Gasteiger partial charge in [0.2, 0.25) is 5.96 Å². The Bertz CT molecular complexity index is 1510. The summed E-state index contributed by atoms with van der Waals surface area (Å²) in [7, 11) is 1.11. The van der Waals surface area contributed by atoms with Gasteiger partial charge in [-0.25, -0.2) is 14.4 Å². The number of allylic oxidation sites excluding steroid dienone is 1. The molecule has 0 aliphatic carbocycles. The minimum absolute atomic E-state index is 0.0384. The lowest BCUT2D eigenvalue weighted by Crippen LogP contribution is -2.50. The number of piperazine rings is 1. The molecule has 0 atom stereocenters. The maximum atomic E-state index is 14.8. The number of carbonyl (C=O) groups is 1. The average Bonchev–Trinajstić information content (AvgIpc) is 2.98. The Hall–Kier alpha value is -4.72. The van der Waals surface area contributed by atoms with Crippen molar-refractivity contribution in [2.75, 3.05) is 43.9 Å². The Kier molecular flexibility index (Phi) is 9.49. The van der Waals surface area contributed by atoms with Gasteiger partial charge in [-0.15, -0.1) is 0 Å². The van der Waals surface area contributed by atoms with Crippen molar-refractivity contribution in [1.82, 2.24) is 9.80 Å². The predicted octanol–water partition coefficient (Wildman–Crippen LogP) is 4.70.